The standard InChI is InChI=1S/C29H31NO8S/c1-5-6-20-15-21(27(31)32)9-13-24(20)38-29(4,22-10-14-25-26(16-22)37-17-36-25)28(33)30-39(34,35)23-11-7-19(8-12-23)18(2)3/h7-16,18H,5-6,17H2,1-4H3,(H,30,33)(H,31,32). The SMILES string of the molecule is CCCc1cc(C(=O)O)ccc1OC(C)(C(=O)NS(=O)(=O)c1ccc(C(C)C)cc1)c1ccc2c(c1)OCO2. The molecule has 4 rings (SSSR count). The van der Waals surface area contributed by atoms with Crippen molar-refractivity contribution in [2.75, 3.05) is 6.79 Å². The molecule has 0 aromatic heterocycles. The Kier molecular flexibility index (Phi) is 7.87. The fourth-order valence-corrected chi connectivity index (χ4v) is 5.29. The number of ether oxygens (including phenoxy) is 3. The average Bonchev–Trinajstić information content (AvgIpc) is 3.37. The van der Waals surface area contributed by atoms with Crippen LogP contribution in [0.25, 0.3) is 0 Å². The zero-order valence-corrected chi connectivity index (χ0v) is 23.0. The van der Waals surface area contributed by atoms with Crippen molar-refractivity contribution in [2.24, 2.45) is 0 Å². The van der Waals surface area contributed by atoms with Gasteiger partial charge in [0.15, 0.2) is 11.5 Å². The Bertz CT molecular complexity index is 1500. The molecular formula is C29H31NO8S. The Labute approximate surface area is 227 Å². The number of rotatable bonds is 10. The van der Waals surface area contributed by atoms with Crippen LogP contribution in [0.15, 0.2) is 65.6 Å². The fraction of sp³-hybridized carbons (Fsp3) is 0.310. The summed E-state index contributed by atoms with van der Waals surface area (Å²) in [5, 5.41) is 9.44. The summed E-state index contributed by atoms with van der Waals surface area (Å²) in [4.78, 5) is 25.3. The Morgan fingerprint density at radius 1 is 1.03 bits per heavy atom. The smallest absolute Gasteiger partial charge is 0.335 e. The predicted octanol–water partition coefficient (Wildman–Crippen LogP) is 4.99. The maximum atomic E-state index is 13.8. The van der Waals surface area contributed by atoms with Crippen molar-refractivity contribution in [2.45, 2.75) is 57.0 Å². The number of carboxylic acids is 1. The first kappa shape index (κ1) is 28.0. The Balaban J connectivity index is 1.75. The molecular weight excluding hydrogens is 522 g/mol. The zero-order chi connectivity index (χ0) is 28.4. The maximum absolute atomic E-state index is 13.8. The van der Waals surface area contributed by atoms with Crippen LogP contribution in [0, 0.1) is 0 Å². The molecule has 0 aliphatic carbocycles. The normalized spacial score (nSPS) is 14.1. The van der Waals surface area contributed by atoms with Crippen LogP contribution in [0.3, 0.4) is 0 Å². The maximum Gasteiger partial charge on any atom is 0.335 e. The van der Waals surface area contributed by atoms with E-state index in [0.29, 0.717) is 35.5 Å². The molecule has 2 N–H and O–H groups in total. The molecule has 0 saturated heterocycles. The quantitative estimate of drug-likeness (QED) is 0.359. The minimum Gasteiger partial charge on any atom is -0.478 e. The number of hydrogen-bond acceptors (Lipinski definition) is 7. The van der Waals surface area contributed by atoms with Crippen molar-refractivity contribution in [3.05, 3.63) is 82.9 Å². The van der Waals surface area contributed by atoms with Gasteiger partial charge >= 0.3 is 5.97 Å². The van der Waals surface area contributed by atoms with E-state index in [1.807, 2.05) is 20.8 Å². The lowest BCUT2D eigenvalue weighted by Crippen LogP contribution is -2.48. The van der Waals surface area contributed by atoms with Crippen LogP contribution >= 0.6 is 0 Å². The number of sulfonamides is 1. The number of aromatic carboxylic acids is 1. The number of hydrogen-bond donors (Lipinski definition) is 2. The first-order valence-corrected chi connectivity index (χ1v) is 14.1. The van der Waals surface area contributed by atoms with Crippen molar-refractivity contribution in [1.29, 1.82) is 0 Å². The molecule has 1 heterocycles. The number of fused-ring (bicyclic) bond motifs is 1. The van der Waals surface area contributed by atoms with E-state index >= 15 is 0 Å². The molecule has 1 atom stereocenters. The van der Waals surface area contributed by atoms with Gasteiger partial charge in [0.25, 0.3) is 15.9 Å². The summed E-state index contributed by atoms with van der Waals surface area (Å²) in [5.41, 5.74) is 0.0808. The summed E-state index contributed by atoms with van der Waals surface area (Å²) in [6.07, 6.45) is 1.17. The fourth-order valence-electron chi connectivity index (χ4n) is 4.24. The highest BCUT2D eigenvalue weighted by molar-refractivity contribution is 7.90. The highest BCUT2D eigenvalue weighted by atomic mass is 32.2. The summed E-state index contributed by atoms with van der Waals surface area (Å²) < 4.78 is 45.8. The molecule has 1 aliphatic rings. The van der Waals surface area contributed by atoms with E-state index in [1.165, 1.54) is 37.3 Å². The van der Waals surface area contributed by atoms with E-state index in [0.717, 1.165) is 5.56 Å². The van der Waals surface area contributed by atoms with Crippen molar-refractivity contribution in [3.63, 3.8) is 0 Å². The van der Waals surface area contributed by atoms with Crippen LogP contribution < -0.4 is 18.9 Å². The summed E-state index contributed by atoms with van der Waals surface area (Å²) >= 11 is 0. The third-order valence-corrected chi connectivity index (χ3v) is 7.93. The Morgan fingerprint density at radius 2 is 1.72 bits per heavy atom. The molecule has 9 nitrogen and oxygen atoms in total. The van der Waals surface area contributed by atoms with E-state index in [4.69, 9.17) is 14.2 Å². The predicted molar refractivity (Wildman–Crippen MR) is 144 cm³/mol. The summed E-state index contributed by atoms with van der Waals surface area (Å²) in [6.45, 7) is 7.39. The second-order valence-electron chi connectivity index (χ2n) is 9.74. The third kappa shape index (κ3) is 5.85. The number of nitrogens with one attached hydrogen (secondary N) is 1. The molecule has 3 aromatic rings. The Hall–Kier alpha value is -4.05. The molecule has 0 bridgehead atoms. The lowest BCUT2D eigenvalue weighted by atomic mass is 9.94. The van der Waals surface area contributed by atoms with E-state index in [1.54, 1.807) is 30.3 Å². The second kappa shape index (κ2) is 11.0. The van der Waals surface area contributed by atoms with Crippen molar-refractivity contribution in [3.8, 4) is 17.2 Å². The van der Waals surface area contributed by atoms with Gasteiger partial charge < -0.3 is 19.3 Å². The molecule has 0 spiro atoms. The lowest BCUT2D eigenvalue weighted by Gasteiger charge is -2.31. The van der Waals surface area contributed by atoms with Crippen LogP contribution in [-0.2, 0) is 26.8 Å². The molecule has 0 fully saturated rings. The van der Waals surface area contributed by atoms with Gasteiger partial charge in [-0.25, -0.2) is 17.9 Å². The summed E-state index contributed by atoms with van der Waals surface area (Å²) in [5.74, 6) is -0.683. The van der Waals surface area contributed by atoms with Gasteiger partial charge in [0, 0.05) is 5.56 Å². The largest absolute Gasteiger partial charge is 0.478 e. The van der Waals surface area contributed by atoms with Crippen molar-refractivity contribution >= 4 is 21.9 Å². The van der Waals surface area contributed by atoms with E-state index < -0.39 is 27.5 Å². The van der Waals surface area contributed by atoms with Gasteiger partial charge in [0.05, 0.1) is 10.5 Å². The molecule has 0 saturated carbocycles. The summed E-state index contributed by atoms with van der Waals surface area (Å²) in [6, 6.07) is 15.4. The topological polar surface area (TPSA) is 128 Å². The number of carbonyl (C=O) groups excluding carboxylic acids is 1. The molecule has 10 heteroatoms. The zero-order valence-electron chi connectivity index (χ0n) is 22.2. The number of benzene rings is 3. The molecule has 3 aromatic carbocycles. The molecule has 0 radical (unpaired) electrons. The van der Waals surface area contributed by atoms with Crippen molar-refractivity contribution < 1.29 is 37.3 Å². The van der Waals surface area contributed by atoms with Crippen molar-refractivity contribution in [1.82, 2.24) is 4.72 Å². The number of carboxylic acid groups (broad SMARTS) is 1. The van der Waals surface area contributed by atoms with Crippen LogP contribution in [0.5, 0.6) is 17.2 Å². The van der Waals surface area contributed by atoms with Crippen LogP contribution in [0.2, 0.25) is 0 Å². The van der Waals surface area contributed by atoms with Gasteiger partial charge in [0.1, 0.15) is 5.75 Å². The van der Waals surface area contributed by atoms with Gasteiger partial charge in [0.2, 0.25) is 12.4 Å². The van der Waals surface area contributed by atoms with Gasteiger partial charge in [-0.15, -0.1) is 0 Å². The lowest BCUT2D eigenvalue weighted by molar-refractivity contribution is -0.134. The highest BCUT2D eigenvalue weighted by Crippen LogP contribution is 2.39. The first-order chi connectivity index (χ1) is 18.4. The Morgan fingerprint density at radius 3 is 2.36 bits per heavy atom. The average molecular weight is 554 g/mol. The van der Waals surface area contributed by atoms with E-state index in [9.17, 15) is 23.1 Å². The molecule has 1 unspecified atom stereocenters. The van der Waals surface area contributed by atoms with Gasteiger partial charge in [-0.3, -0.25) is 4.79 Å². The summed E-state index contributed by atoms with van der Waals surface area (Å²) in [7, 11) is -4.25. The van der Waals surface area contributed by atoms with Gasteiger partial charge in [-0.05, 0) is 72.9 Å². The van der Waals surface area contributed by atoms with Crippen LogP contribution in [0.1, 0.15) is 67.1 Å². The van der Waals surface area contributed by atoms with Crippen LogP contribution in [0.4, 0.5) is 0 Å². The first-order valence-electron chi connectivity index (χ1n) is 12.6. The van der Waals surface area contributed by atoms with Gasteiger partial charge in [-0.2, -0.15) is 0 Å². The van der Waals surface area contributed by atoms with E-state index in [2.05, 4.69) is 4.72 Å². The second-order valence-corrected chi connectivity index (χ2v) is 11.4. The molecule has 1 aliphatic heterocycles. The van der Waals surface area contributed by atoms with E-state index in [-0.39, 0.29) is 28.9 Å². The van der Waals surface area contributed by atoms with Gasteiger partial charge in [-0.1, -0.05) is 45.4 Å². The molecule has 39 heavy (non-hydrogen) atoms. The minimum atomic E-state index is -4.25. The number of carbonyl (C=O) groups is 2. The molecule has 1 amide bonds. The number of aryl methyl sites for hydroxylation is 1. The third-order valence-electron chi connectivity index (χ3n) is 6.58. The highest BCUT2D eigenvalue weighted by Gasteiger charge is 2.42. The molecule has 206 valence electrons. The minimum absolute atomic E-state index is 0.0145. The monoisotopic (exact) mass is 553 g/mol. The number of amides is 1. The van der Waals surface area contributed by atoms with Crippen LogP contribution in [-0.4, -0.2) is 32.2 Å².